The van der Waals surface area contributed by atoms with Gasteiger partial charge < -0.3 is 10.4 Å². The molecule has 0 unspecified atom stereocenters. The van der Waals surface area contributed by atoms with E-state index in [2.05, 4.69) is 5.32 Å². The highest BCUT2D eigenvalue weighted by atomic mass is 16.3. The first kappa shape index (κ1) is 9.52. The molecule has 1 fully saturated rings. The molecule has 3 heteroatoms. The molecule has 1 aliphatic rings. The van der Waals surface area contributed by atoms with E-state index in [-0.39, 0.29) is 17.9 Å². The maximum Gasteiger partial charge on any atom is 0.222 e. The van der Waals surface area contributed by atoms with E-state index in [1.165, 1.54) is 0 Å². The SMILES string of the molecule is CC(C)C(=O)NCC1CC(O)C1. The van der Waals surface area contributed by atoms with Crippen LogP contribution in [0.2, 0.25) is 0 Å². The summed E-state index contributed by atoms with van der Waals surface area (Å²) in [6.45, 7) is 4.49. The van der Waals surface area contributed by atoms with Crippen LogP contribution in [0.1, 0.15) is 26.7 Å². The monoisotopic (exact) mass is 171 g/mol. The lowest BCUT2D eigenvalue weighted by Gasteiger charge is -2.31. The van der Waals surface area contributed by atoms with Crippen molar-refractivity contribution in [2.75, 3.05) is 6.54 Å². The molecule has 0 aliphatic heterocycles. The fourth-order valence-corrected chi connectivity index (χ4v) is 1.32. The van der Waals surface area contributed by atoms with Crippen LogP contribution in [0, 0.1) is 11.8 Å². The van der Waals surface area contributed by atoms with E-state index in [1.54, 1.807) is 0 Å². The molecule has 0 heterocycles. The zero-order valence-corrected chi connectivity index (χ0v) is 7.71. The van der Waals surface area contributed by atoms with Crippen molar-refractivity contribution in [1.82, 2.24) is 5.32 Å². The van der Waals surface area contributed by atoms with Gasteiger partial charge >= 0.3 is 0 Å². The van der Waals surface area contributed by atoms with Gasteiger partial charge in [0, 0.05) is 12.5 Å². The molecule has 1 aliphatic carbocycles. The second-order valence-corrected chi connectivity index (χ2v) is 3.89. The smallest absolute Gasteiger partial charge is 0.222 e. The molecular formula is C9H17NO2. The minimum absolute atomic E-state index is 0.0648. The van der Waals surface area contributed by atoms with Gasteiger partial charge in [0.15, 0.2) is 0 Å². The molecule has 0 atom stereocenters. The first-order valence-corrected chi connectivity index (χ1v) is 4.55. The molecule has 1 amide bonds. The number of aliphatic hydroxyl groups is 1. The number of hydrogen-bond acceptors (Lipinski definition) is 2. The van der Waals surface area contributed by atoms with Crippen LogP contribution in [0.4, 0.5) is 0 Å². The topological polar surface area (TPSA) is 49.3 Å². The summed E-state index contributed by atoms with van der Waals surface area (Å²) in [5.41, 5.74) is 0. The van der Waals surface area contributed by atoms with Gasteiger partial charge in [-0.2, -0.15) is 0 Å². The summed E-state index contributed by atoms with van der Waals surface area (Å²) in [7, 11) is 0. The third kappa shape index (κ3) is 2.48. The minimum atomic E-state index is -0.119. The summed E-state index contributed by atoms with van der Waals surface area (Å²) < 4.78 is 0. The Labute approximate surface area is 73.2 Å². The number of carbonyl (C=O) groups excluding carboxylic acids is 1. The highest BCUT2D eigenvalue weighted by Crippen LogP contribution is 2.26. The van der Waals surface area contributed by atoms with E-state index in [9.17, 15) is 4.79 Å². The van der Waals surface area contributed by atoms with Crippen molar-refractivity contribution in [3.05, 3.63) is 0 Å². The molecule has 0 radical (unpaired) electrons. The van der Waals surface area contributed by atoms with E-state index in [0.29, 0.717) is 5.92 Å². The maximum atomic E-state index is 11.1. The van der Waals surface area contributed by atoms with Crippen molar-refractivity contribution in [2.45, 2.75) is 32.8 Å². The zero-order valence-electron chi connectivity index (χ0n) is 7.71. The van der Waals surface area contributed by atoms with Crippen molar-refractivity contribution < 1.29 is 9.90 Å². The summed E-state index contributed by atoms with van der Waals surface area (Å²) in [5, 5.41) is 11.8. The molecule has 0 bridgehead atoms. The molecule has 1 rings (SSSR count). The molecule has 0 saturated heterocycles. The van der Waals surface area contributed by atoms with Crippen LogP contribution in [0.3, 0.4) is 0 Å². The third-order valence-corrected chi connectivity index (χ3v) is 2.30. The summed E-state index contributed by atoms with van der Waals surface area (Å²) >= 11 is 0. The Morgan fingerprint density at radius 3 is 2.58 bits per heavy atom. The van der Waals surface area contributed by atoms with Gasteiger partial charge in [0.05, 0.1) is 6.10 Å². The average Bonchev–Trinajstić information content (AvgIpc) is 1.95. The Bertz CT molecular complexity index is 162. The van der Waals surface area contributed by atoms with Gasteiger partial charge in [0.25, 0.3) is 0 Å². The van der Waals surface area contributed by atoms with E-state index in [0.717, 1.165) is 19.4 Å². The number of nitrogens with one attached hydrogen (secondary N) is 1. The lowest BCUT2D eigenvalue weighted by Crippen LogP contribution is -2.39. The Morgan fingerprint density at radius 2 is 2.17 bits per heavy atom. The standard InChI is InChI=1S/C9H17NO2/c1-6(2)9(12)10-5-7-3-8(11)4-7/h6-8,11H,3-5H2,1-2H3,(H,10,12). The lowest BCUT2D eigenvalue weighted by atomic mass is 9.82. The van der Waals surface area contributed by atoms with Gasteiger partial charge in [-0.25, -0.2) is 0 Å². The van der Waals surface area contributed by atoms with Gasteiger partial charge in [0.2, 0.25) is 5.91 Å². The lowest BCUT2D eigenvalue weighted by molar-refractivity contribution is -0.124. The Hall–Kier alpha value is -0.570. The van der Waals surface area contributed by atoms with Gasteiger partial charge in [-0.15, -0.1) is 0 Å². The van der Waals surface area contributed by atoms with Crippen molar-refractivity contribution in [2.24, 2.45) is 11.8 Å². The number of amides is 1. The Kier molecular flexibility index (Phi) is 3.09. The van der Waals surface area contributed by atoms with Crippen molar-refractivity contribution in [3.63, 3.8) is 0 Å². The largest absolute Gasteiger partial charge is 0.393 e. The van der Waals surface area contributed by atoms with Crippen LogP contribution in [0.15, 0.2) is 0 Å². The predicted molar refractivity (Wildman–Crippen MR) is 46.6 cm³/mol. The summed E-state index contributed by atoms with van der Waals surface area (Å²) in [6.07, 6.45) is 1.57. The number of hydrogen-bond donors (Lipinski definition) is 2. The Balaban J connectivity index is 2.06. The number of rotatable bonds is 3. The van der Waals surface area contributed by atoms with E-state index in [1.807, 2.05) is 13.8 Å². The summed E-state index contributed by atoms with van der Waals surface area (Å²) in [6, 6.07) is 0. The van der Waals surface area contributed by atoms with Crippen LogP contribution in [0.25, 0.3) is 0 Å². The molecule has 0 aromatic heterocycles. The summed E-state index contributed by atoms with van der Waals surface area (Å²) in [5.74, 6) is 0.675. The van der Waals surface area contributed by atoms with Crippen LogP contribution < -0.4 is 5.32 Å². The number of aliphatic hydroxyl groups excluding tert-OH is 1. The molecule has 2 N–H and O–H groups in total. The molecule has 12 heavy (non-hydrogen) atoms. The van der Waals surface area contributed by atoms with E-state index in [4.69, 9.17) is 5.11 Å². The van der Waals surface area contributed by atoms with Crippen LogP contribution in [-0.4, -0.2) is 23.7 Å². The molecular weight excluding hydrogens is 154 g/mol. The van der Waals surface area contributed by atoms with Crippen molar-refractivity contribution in [3.8, 4) is 0 Å². The second kappa shape index (κ2) is 3.90. The van der Waals surface area contributed by atoms with Gasteiger partial charge in [-0.3, -0.25) is 4.79 Å². The van der Waals surface area contributed by atoms with E-state index >= 15 is 0 Å². The fraction of sp³-hybridized carbons (Fsp3) is 0.889. The molecule has 0 aromatic carbocycles. The number of carbonyl (C=O) groups is 1. The third-order valence-electron chi connectivity index (χ3n) is 2.30. The molecule has 3 nitrogen and oxygen atoms in total. The second-order valence-electron chi connectivity index (χ2n) is 3.89. The van der Waals surface area contributed by atoms with Gasteiger partial charge in [-0.05, 0) is 18.8 Å². The van der Waals surface area contributed by atoms with Gasteiger partial charge in [0.1, 0.15) is 0 Å². The Morgan fingerprint density at radius 1 is 1.58 bits per heavy atom. The van der Waals surface area contributed by atoms with Crippen molar-refractivity contribution in [1.29, 1.82) is 0 Å². The molecule has 70 valence electrons. The van der Waals surface area contributed by atoms with Crippen LogP contribution in [-0.2, 0) is 4.79 Å². The van der Waals surface area contributed by atoms with Gasteiger partial charge in [-0.1, -0.05) is 13.8 Å². The highest BCUT2D eigenvalue weighted by molar-refractivity contribution is 5.77. The molecule has 0 aromatic rings. The fourth-order valence-electron chi connectivity index (χ4n) is 1.32. The molecule has 0 spiro atoms. The van der Waals surface area contributed by atoms with Crippen LogP contribution >= 0.6 is 0 Å². The first-order valence-electron chi connectivity index (χ1n) is 4.55. The van der Waals surface area contributed by atoms with Crippen LogP contribution in [0.5, 0.6) is 0 Å². The van der Waals surface area contributed by atoms with E-state index < -0.39 is 0 Å². The first-order chi connectivity index (χ1) is 5.59. The van der Waals surface area contributed by atoms with Crippen molar-refractivity contribution >= 4 is 5.91 Å². The quantitative estimate of drug-likeness (QED) is 0.650. The predicted octanol–water partition coefficient (Wildman–Crippen LogP) is 0.529. The normalized spacial score (nSPS) is 28.3. The maximum absolute atomic E-state index is 11.1. The highest BCUT2D eigenvalue weighted by Gasteiger charge is 2.27. The minimum Gasteiger partial charge on any atom is -0.393 e. The average molecular weight is 171 g/mol. The molecule has 1 saturated carbocycles. The summed E-state index contributed by atoms with van der Waals surface area (Å²) in [4.78, 5) is 11.1. The zero-order chi connectivity index (χ0) is 9.14.